The molecule has 5 nitrogen and oxygen atoms in total. The van der Waals surface area contributed by atoms with E-state index in [0.717, 1.165) is 11.1 Å². The molecule has 3 rings (SSSR count). The average Bonchev–Trinajstić information content (AvgIpc) is 2.51. The Balaban J connectivity index is 1.79. The molecule has 1 aliphatic carbocycles. The van der Waals surface area contributed by atoms with Crippen LogP contribution in [-0.4, -0.2) is 16.1 Å². The highest BCUT2D eigenvalue weighted by molar-refractivity contribution is 5.58. The molecule has 2 unspecified atom stereocenters. The lowest BCUT2D eigenvalue weighted by molar-refractivity contribution is -0.384. The molecular weight excluding hydrogens is 270 g/mol. The largest absolute Gasteiger partial charge is 0.483 e. The second kappa shape index (κ2) is 5.38. The molecule has 0 spiro atoms. The van der Waals surface area contributed by atoms with Gasteiger partial charge < -0.3 is 9.84 Å². The smallest absolute Gasteiger partial charge is 0.269 e. The summed E-state index contributed by atoms with van der Waals surface area (Å²) in [5.74, 6) is 0.480. The number of nitro benzene ring substituents is 1. The van der Waals surface area contributed by atoms with E-state index in [0.29, 0.717) is 5.75 Å². The van der Waals surface area contributed by atoms with Crippen molar-refractivity contribution >= 4 is 11.8 Å². The fraction of sp³-hybridized carbons (Fsp3) is 0.125. The van der Waals surface area contributed by atoms with Gasteiger partial charge in [0.1, 0.15) is 18.0 Å². The zero-order chi connectivity index (χ0) is 14.8. The van der Waals surface area contributed by atoms with Crippen molar-refractivity contribution in [2.24, 2.45) is 0 Å². The van der Waals surface area contributed by atoms with E-state index in [1.165, 1.54) is 24.3 Å². The molecule has 0 saturated carbocycles. The Kier molecular flexibility index (Phi) is 3.41. The Morgan fingerprint density at radius 2 is 1.81 bits per heavy atom. The van der Waals surface area contributed by atoms with Crippen LogP contribution in [0.4, 0.5) is 5.69 Å². The highest BCUT2D eigenvalue weighted by atomic mass is 16.6. The first kappa shape index (κ1) is 13.3. The van der Waals surface area contributed by atoms with Crippen LogP contribution in [0.1, 0.15) is 17.2 Å². The molecule has 5 heteroatoms. The van der Waals surface area contributed by atoms with Gasteiger partial charge in [0.25, 0.3) is 5.69 Å². The number of hydrogen-bond donors (Lipinski definition) is 1. The summed E-state index contributed by atoms with van der Waals surface area (Å²) in [6.45, 7) is 0. The lowest BCUT2D eigenvalue weighted by Gasteiger charge is -2.26. The van der Waals surface area contributed by atoms with Crippen LogP contribution >= 0.6 is 0 Å². The van der Waals surface area contributed by atoms with E-state index < -0.39 is 17.1 Å². The lowest BCUT2D eigenvalue weighted by atomic mass is 9.93. The Bertz CT molecular complexity index is 694. The molecular formula is C16H13NO4. The fourth-order valence-electron chi connectivity index (χ4n) is 2.32. The normalized spacial score (nSPS) is 19.9. The minimum atomic E-state index is -0.763. The van der Waals surface area contributed by atoms with Gasteiger partial charge in [0, 0.05) is 12.1 Å². The molecule has 0 bridgehead atoms. The van der Waals surface area contributed by atoms with Gasteiger partial charge in [0.05, 0.1) is 4.92 Å². The number of nitrogens with zero attached hydrogens (tertiary/aromatic N) is 1. The number of aliphatic hydroxyl groups is 1. The third kappa shape index (κ3) is 2.64. The number of fused-ring (bicyclic) bond motifs is 1. The molecule has 0 aliphatic heterocycles. The van der Waals surface area contributed by atoms with Gasteiger partial charge in [-0.2, -0.15) is 0 Å². The quantitative estimate of drug-likeness (QED) is 0.694. The van der Waals surface area contributed by atoms with E-state index in [1.54, 1.807) is 6.08 Å². The predicted octanol–water partition coefficient (Wildman–Crippen LogP) is 3.10. The molecule has 0 aromatic heterocycles. The summed E-state index contributed by atoms with van der Waals surface area (Å²) in [7, 11) is 0. The molecule has 2 atom stereocenters. The van der Waals surface area contributed by atoms with Crippen molar-refractivity contribution in [1.29, 1.82) is 0 Å². The van der Waals surface area contributed by atoms with Crippen LogP contribution in [0.15, 0.2) is 54.6 Å². The molecule has 106 valence electrons. The molecule has 0 saturated heterocycles. The monoisotopic (exact) mass is 283 g/mol. The standard InChI is InChI=1S/C16H13NO4/c18-16-14-4-2-1-3-11(14)5-10-15(16)21-13-8-6-12(7-9-13)17(19)20/h1-10,15-16,18H. The third-order valence-corrected chi connectivity index (χ3v) is 3.41. The maximum absolute atomic E-state index is 10.6. The van der Waals surface area contributed by atoms with Crippen molar-refractivity contribution in [3.63, 3.8) is 0 Å². The van der Waals surface area contributed by atoms with Crippen LogP contribution in [0, 0.1) is 10.1 Å². The van der Waals surface area contributed by atoms with E-state index in [4.69, 9.17) is 4.74 Å². The Hall–Kier alpha value is -2.66. The van der Waals surface area contributed by atoms with Gasteiger partial charge in [0.2, 0.25) is 0 Å². The van der Waals surface area contributed by atoms with Crippen LogP contribution < -0.4 is 4.74 Å². The van der Waals surface area contributed by atoms with Crippen LogP contribution in [-0.2, 0) is 0 Å². The first-order valence-corrected chi connectivity index (χ1v) is 6.51. The lowest BCUT2D eigenvalue weighted by Crippen LogP contribution is -2.25. The first-order valence-electron chi connectivity index (χ1n) is 6.51. The van der Waals surface area contributed by atoms with E-state index in [2.05, 4.69) is 0 Å². The van der Waals surface area contributed by atoms with Crippen LogP contribution in [0.25, 0.3) is 6.08 Å². The molecule has 0 fully saturated rings. The summed E-state index contributed by atoms with van der Waals surface area (Å²) < 4.78 is 5.70. The van der Waals surface area contributed by atoms with Gasteiger partial charge in [-0.05, 0) is 29.3 Å². The topological polar surface area (TPSA) is 72.6 Å². The van der Waals surface area contributed by atoms with Crippen molar-refractivity contribution in [1.82, 2.24) is 0 Å². The fourth-order valence-corrected chi connectivity index (χ4v) is 2.32. The average molecular weight is 283 g/mol. The van der Waals surface area contributed by atoms with E-state index >= 15 is 0 Å². The van der Waals surface area contributed by atoms with E-state index in [-0.39, 0.29) is 5.69 Å². The minimum absolute atomic E-state index is 0.00688. The molecule has 1 N–H and O–H groups in total. The number of ether oxygens (including phenoxy) is 1. The second-order valence-electron chi connectivity index (χ2n) is 4.77. The number of aliphatic hydroxyl groups excluding tert-OH is 1. The maximum Gasteiger partial charge on any atom is 0.269 e. The predicted molar refractivity (Wildman–Crippen MR) is 77.9 cm³/mol. The molecule has 0 radical (unpaired) electrons. The maximum atomic E-state index is 10.6. The molecule has 1 aliphatic rings. The third-order valence-electron chi connectivity index (χ3n) is 3.41. The molecule has 2 aromatic carbocycles. The second-order valence-corrected chi connectivity index (χ2v) is 4.77. The van der Waals surface area contributed by atoms with Crippen molar-refractivity contribution in [3.05, 3.63) is 75.8 Å². The summed E-state index contributed by atoms with van der Waals surface area (Å²) in [5.41, 5.74) is 1.79. The number of rotatable bonds is 3. The Labute approximate surface area is 121 Å². The highest BCUT2D eigenvalue weighted by Crippen LogP contribution is 2.31. The van der Waals surface area contributed by atoms with Gasteiger partial charge in [-0.1, -0.05) is 30.3 Å². The van der Waals surface area contributed by atoms with Crippen LogP contribution in [0.3, 0.4) is 0 Å². The zero-order valence-electron chi connectivity index (χ0n) is 11.0. The first-order chi connectivity index (χ1) is 10.1. The molecule has 21 heavy (non-hydrogen) atoms. The van der Waals surface area contributed by atoms with Crippen molar-refractivity contribution in [2.45, 2.75) is 12.2 Å². The number of nitro groups is 1. The summed E-state index contributed by atoms with van der Waals surface area (Å²) in [6, 6.07) is 13.4. The number of non-ortho nitro benzene ring substituents is 1. The Morgan fingerprint density at radius 3 is 2.52 bits per heavy atom. The van der Waals surface area contributed by atoms with Crippen molar-refractivity contribution in [3.8, 4) is 5.75 Å². The van der Waals surface area contributed by atoms with Gasteiger partial charge >= 0.3 is 0 Å². The Morgan fingerprint density at radius 1 is 1.10 bits per heavy atom. The van der Waals surface area contributed by atoms with Gasteiger partial charge in [0.15, 0.2) is 0 Å². The highest BCUT2D eigenvalue weighted by Gasteiger charge is 2.25. The summed E-state index contributed by atoms with van der Waals surface area (Å²) in [6.07, 6.45) is 2.41. The summed E-state index contributed by atoms with van der Waals surface area (Å²) in [4.78, 5) is 10.1. The molecule has 0 heterocycles. The van der Waals surface area contributed by atoms with Crippen LogP contribution in [0.2, 0.25) is 0 Å². The van der Waals surface area contributed by atoms with Crippen molar-refractivity contribution < 1.29 is 14.8 Å². The van der Waals surface area contributed by atoms with Crippen molar-refractivity contribution in [2.75, 3.05) is 0 Å². The number of benzene rings is 2. The van der Waals surface area contributed by atoms with E-state index in [1.807, 2.05) is 30.3 Å². The minimum Gasteiger partial charge on any atom is -0.483 e. The molecule has 2 aromatic rings. The van der Waals surface area contributed by atoms with Gasteiger partial charge in [-0.3, -0.25) is 10.1 Å². The van der Waals surface area contributed by atoms with E-state index in [9.17, 15) is 15.2 Å². The van der Waals surface area contributed by atoms with Gasteiger partial charge in [-0.15, -0.1) is 0 Å². The van der Waals surface area contributed by atoms with Crippen LogP contribution in [0.5, 0.6) is 5.75 Å². The molecule has 0 amide bonds. The SMILES string of the molecule is O=[N+]([O-])c1ccc(OC2C=Cc3ccccc3C2O)cc1. The van der Waals surface area contributed by atoms with Gasteiger partial charge in [-0.25, -0.2) is 0 Å². The summed E-state index contributed by atoms with van der Waals surface area (Å²) >= 11 is 0. The number of hydrogen-bond acceptors (Lipinski definition) is 4. The summed E-state index contributed by atoms with van der Waals surface area (Å²) in [5, 5.41) is 20.9. The zero-order valence-corrected chi connectivity index (χ0v) is 11.0.